The van der Waals surface area contributed by atoms with Crippen molar-refractivity contribution < 1.29 is 0 Å². The monoisotopic (exact) mass is 230 g/mol. The lowest BCUT2D eigenvalue weighted by Crippen LogP contribution is -2.04. The van der Waals surface area contributed by atoms with Gasteiger partial charge in [-0.2, -0.15) is 0 Å². The van der Waals surface area contributed by atoms with Crippen LogP contribution in [0.15, 0.2) is 36.5 Å². The van der Waals surface area contributed by atoms with Gasteiger partial charge in [0.1, 0.15) is 0 Å². The fourth-order valence-electron chi connectivity index (χ4n) is 3.44. The summed E-state index contributed by atoms with van der Waals surface area (Å²) in [5.74, 6) is 1.70. The van der Waals surface area contributed by atoms with Gasteiger partial charge in [-0.1, -0.05) is 30.7 Å². The first-order chi connectivity index (χ1) is 8.31. The Labute approximate surface area is 106 Å². The third-order valence-electron chi connectivity index (χ3n) is 4.58. The molecule has 2 aliphatic rings. The van der Waals surface area contributed by atoms with Crippen LogP contribution in [0.5, 0.6) is 0 Å². The molecule has 0 saturated heterocycles. The number of hydrogen-bond donors (Lipinski definition) is 0. The zero-order valence-corrected chi connectivity index (χ0v) is 11.1. The second kappa shape index (κ2) is 6.23. The lowest BCUT2D eigenvalue weighted by Gasteiger charge is -2.18. The van der Waals surface area contributed by atoms with Crippen molar-refractivity contribution in [1.29, 1.82) is 0 Å². The Morgan fingerprint density at radius 2 is 1.94 bits per heavy atom. The number of rotatable bonds is 4. The number of hydrogen-bond acceptors (Lipinski definition) is 0. The highest BCUT2D eigenvalue weighted by atomic mass is 14.3. The molecule has 0 spiro atoms. The van der Waals surface area contributed by atoms with Crippen molar-refractivity contribution in [2.24, 2.45) is 11.8 Å². The van der Waals surface area contributed by atoms with E-state index in [1.54, 1.807) is 5.57 Å². The van der Waals surface area contributed by atoms with E-state index in [0.29, 0.717) is 0 Å². The maximum absolute atomic E-state index is 4.19. The van der Waals surface area contributed by atoms with Gasteiger partial charge in [0, 0.05) is 0 Å². The van der Waals surface area contributed by atoms with E-state index >= 15 is 0 Å². The fraction of sp³-hybridized carbons (Fsp3) is 0.647. The van der Waals surface area contributed by atoms with Crippen LogP contribution in [0.1, 0.15) is 57.8 Å². The summed E-state index contributed by atoms with van der Waals surface area (Å²) in [5.41, 5.74) is 2.97. The molecular weight excluding hydrogens is 204 g/mol. The van der Waals surface area contributed by atoms with Gasteiger partial charge in [0.2, 0.25) is 0 Å². The van der Waals surface area contributed by atoms with Crippen LogP contribution in [0.2, 0.25) is 0 Å². The van der Waals surface area contributed by atoms with Gasteiger partial charge in [-0.15, -0.1) is 6.58 Å². The lowest BCUT2D eigenvalue weighted by atomic mass is 9.87. The highest BCUT2D eigenvalue weighted by Gasteiger charge is 2.23. The second-order valence-corrected chi connectivity index (χ2v) is 5.71. The molecule has 94 valence electrons. The number of allylic oxidation sites excluding steroid dienone is 4. The molecule has 2 fully saturated rings. The molecular formula is C17H26. The minimum absolute atomic E-state index is 0.794. The van der Waals surface area contributed by atoms with E-state index in [9.17, 15) is 0 Å². The van der Waals surface area contributed by atoms with Gasteiger partial charge >= 0.3 is 0 Å². The molecule has 17 heavy (non-hydrogen) atoms. The van der Waals surface area contributed by atoms with Crippen molar-refractivity contribution >= 4 is 0 Å². The highest BCUT2D eigenvalue weighted by Crippen LogP contribution is 2.36. The summed E-state index contributed by atoms with van der Waals surface area (Å²) in [6.45, 7) is 8.17. The van der Waals surface area contributed by atoms with Crippen molar-refractivity contribution in [3.05, 3.63) is 36.5 Å². The molecule has 0 aliphatic heterocycles. The van der Waals surface area contributed by atoms with E-state index in [1.807, 2.05) is 0 Å². The first-order valence-corrected chi connectivity index (χ1v) is 7.31. The summed E-state index contributed by atoms with van der Waals surface area (Å²) >= 11 is 0. The summed E-state index contributed by atoms with van der Waals surface area (Å²) in [6.07, 6.45) is 16.7. The van der Waals surface area contributed by atoms with Crippen LogP contribution in [0.4, 0.5) is 0 Å². The van der Waals surface area contributed by atoms with Crippen molar-refractivity contribution in [3.8, 4) is 0 Å². The van der Waals surface area contributed by atoms with Gasteiger partial charge < -0.3 is 0 Å². The molecule has 0 aromatic heterocycles. The van der Waals surface area contributed by atoms with Gasteiger partial charge in [-0.3, -0.25) is 0 Å². The van der Waals surface area contributed by atoms with Gasteiger partial charge in [0.15, 0.2) is 0 Å². The smallest absolute Gasteiger partial charge is 0.0208 e. The average Bonchev–Trinajstić information content (AvgIpc) is 2.79. The maximum Gasteiger partial charge on any atom is -0.0208 e. The molecule has 0 heteroatoms. The Bertz CT molecular complexity index is 308. The zero-order chi connectivity index (χ0) is 12.1. The largest absolute Gasteiger partial charge is 0.103 e. The van der Waals surface area contributed by atoms with E-state index in [1.165, 1.54) is 63.4 Å². The molecule has 2 atom stereocenters. The van der Waals surface area contributed by atoms with Crippen LogP contribution in [-0.2, 0) is 0 Å². The predicted molar refractivity (Wildman–Crippen MR) is 76.0 cm³/mol. The predicted octanol–water partition coefficient (Wildman–Crippen LogP) is 5.43. The van der Waals surface area contributed by atoms with E-state index in [4.69, 9.17) is 0 Å². The molecule has 2 rings (SSSR count). The third kappa shape index (κ3) is 3.34. The van der Waals surface area contributed by atoms with E-state index in [2.05, 4.69) is 25.3 Å². The highest BCUT2D eigenvalue weighted by molar-refractivity contribution is 5.29. The van der Waals surface area contributed by atoms with Gasteiger partial charge in [-0.05, 0) is 68.8 Å². The molecule has 0 bridgehead atoms. The molecule has 0 nitrogen and oxygen atoms in total. The fourth-order valence-corrected chi connectivity index (χ4v) is 3.44. The standard InChI is InChI=1S/C17H26/c1-3-15-10-6-12-17(15)13-7-11-16-9-5-4-8-14(16)2/h3,11,15,17H,1-2,4-10,12-13H2/b16-11+. The van der Waals surface area contributed by atoms with Crippen LogP contribution in [-0.4, -0.2) is 0 Å². The summed E-state index contributed by atoms with van der Waals surface area (Å²) in [4.78, 5) is 0. The van der Waals surface area contributed by atoms with Crippen LogP contribution in [0, 0.1) is 11.8 Å². The van der Waals surface area contributed by atoms with E-state index in [0.717, 1.165) is 11.8 Å². The summed E-state index contributed by atoms with van der Waals surface area (Å²) in [7, 11) is 0. The van der Waals surface area contributed by atoms with Crippen molar-refractivity contribution in [1.82, 2.24) is 0 Å². The van der Waals surface area contributed by atoms with E-state index in [-0.39, 0.29) is 0 Å². The Morgan fingerprint density at radius 3 is 2.71 bits per heavy atom. The normalized spacial score (nSPS) is 32.0. The summed E-state index contributed by atoms with van der Waals surface area (Å²) < 4.78 is 0. The molecule has 2 aliphatic carbocycles. The van der Waals surface area contributed by atoms with Crippen molar-refractivity contribution in [2.75, 3.05) is 0 Å². The molecule has 0 N–H and O–H groups in total. The van der Waals surface area contributed by atoms with Crippen LogP contribution < -0.4 is 0 Å². The third-order valence-corrected chi connectivity index (χ3v) is 4.58. The Balaban J connectivity index is 1.79. The molecule has 2 unspecified atom stereocenters. The van der Waals surface area contributed by atoms with Gasteiger partial charge in [0.05, 0.1) is 0 Å². The molecule has 0 aromatic carbocycles. The van der Waals surface area contributed by atoms with Crippen LogP contribution in [0.3, 0.4) is 0 Å². The molecule has 0 amide bonds. The molecule has 0 aromatic rings. The Hall–Kier alpha value is -0.780. The van der Waals surface area contributed by atoms with Gasteiger partial charge in [-0.25, -0.2) is 0 Å². The maximum atomic E-state index is 4.19. The quantitative estimate of drug-likeness (QED) is 0.565. The Morgan fingerprint density at radius 1 is 1.12 bits per heavy atom. The SMILES string of the molecule is C=CC1CCCC1CC/C=C1\CCCCC1=C. The molecule has 0 radical (unpaired) electrons. The average molecular weight is 230 g/mol. The van der Waals surface area contributed by atoms with Crippen LogP contribution >= 0.6 is 0 Å². The van der Waals surface area contributed by atoms with Crippen molar-refractivity contribution in [2.45, 2.75) is 57.8 Å². The first-order valence-electron chi connectivity index (χ1n) is 7.31. The topological polar surface area (TPSA) is 0 Å². The second-order valence-electron chi connectivity index (χ2n) is 5.71. The minimum Gasteiger partial charge on any atom is -0.103 e. The summed E-state index contributed by atoms with van der Waals surface area (Å²) in [6, 6.07) is 0. The van der Waals surface area contributed by atoms with Crippen LogP contribution in [0.25, 0.3) is 0 Å². The zero-order valence-electron chi connectivity index (χ0n) is 11.1. The lowest BCUT2D eigenvalue weighted by molar-refractivity contribution is 0.429. The minimum atomic E-state index is 0.794. The Kier molecular flexibility index (Phi) is 4.65. The van der Waals surface area contributed by atoms with Gasteiger partial charge in [0.25, 0.3) is 0 Å². The molecule has 0 heterocycles. The van der Waals surface area contributed by atoms with E-state index < -0.39 is 0 Å². The molecule has 2 saturated carbocycles. The summed E-state index contributed by atoms with van der Waals surface area (Å²) in [5, 5.41) is 0. The first kappa shape index (κ1) is 12.7. The van der Waals surface area contributed by atoms with Crippen molar-refractivity contribution in [3.63, 3.8) is 0 Å².